The van der Waals surface area contributed by atoms with E-state index in [4.69, 9.17) is 15.8 Å². The van der Waals surface area contributed by atoms with Gasteiger partial charge >= 0.3 is 0 Å². The van der Waals surface area contributed by atoms with E-state index in [9.17, 15) is 4.79 Å². The minimum absolute atomic E-state index is 0.0482. The molecule has 4 rings (SSSR count). The van der Waals surface area contributed by atoms with E-state index in [1.165, 1.54) is 13.3 Å². The number of nitrogens with two attached hydrogens (primary N) is 2. The Labute approximate surface area is 202 Å². The van der Waals surface area contributed by atoms with Crippen molar-refractivity contribution in [2.45, 2.75) is 42.7 Å². The first-order chi connectivity index (χ1) is 16.5. The van der Waals surface area contributed by atoms with Crippen LogP contribution in [0, 0.1) is 0 Å². The number of primary amides is 1. The van der Waals surface area contributed by atoms with Gasteiger partial charge in [0.2, 0.25) is 5.95 Å². The van der Waals surface area contributed by atoms with Gasteiger partial charge < -0.3 is 22.1 Å². The molecule has 1 fully saturated rings. The molecule has 0 radical (unpaired) electrons. The fourth-order valence-electron chi connectivity index (χ4n) is 3.92. The molecule has 9 nitrogen and oxygen atoms in total. The molecule has 34 heavy (non-hydrogen) atoms. The molecule has 0 saturated heterocycles. The second kappa shape index (κ2) is 11.3. The molecule has 1 heterocycles. The maximum atomic E-state index is 12.0. The third-order valence-corrected chi connectivity index (χ3v) is 6.37. The van der Waals surface area contributed by atoms with Crippen molar-refractivity contribution >= 4 is 35.4 Å². The molecule has 0 aliphatic heterocycles. The van der Waals surface area contributed by atoms with Crippen LogP contribution in [0.5, 0.6) is 0 Å². The second-order valence-electron chi connectivity index (χ2n) is 8.07. The highest BCUT2D eigenvalue weighted by atomic mass is 32.2. The molecule has 2 atom stereocenters. The monoisotopic (exact) mass is 480 g/mol. The normalized spacial score (nSPS) is 17.8. The maximum Gasteiger partial charge on any atom is 0.254 e. The minimum atomic E-state index is -0.606. The number of nitrogens with zero attached hydrogens (tertiary/aromatic N) is 2. The number of anilines is 3. The van der Waals surface area contributed by atoms with Gasteiger partial charge in [-0.25, -0.2) is 9.87 Å². The van der Waals surface area contributed by atoms with Crippen molar-refractivity contribution < 1.29 is 14.0 Å². The number of benzene rings is 2. The predicted octanol–water partition coefficient (Wildman–Crippen LogP) is 4.25. The maximum absolute atomic E-state index is 12.0. The molecule has 2 aromatic carbocycles. The third-order valence-electron chi connectivity index (χ3n) is 5.70. The third kappa shape index (κ3) is 6.03. The largest absolute Gasteiger partial charge is 0.365 e. The van der Waals surface area contributed by atoms with E-state index in [0.29, 0.717) is 11.8 Å². The Bertz CT molecular complexity index is 1130. The van der Waals surface area contributed by atoms with E-state index in [1.54, 1.807) is 0 Å². The topological polar surface area (TPSA) is 137 Å². The number of carbonyl (C=O) groups is 1. The summed E-state index contributed by atoms with van der Waals surface area (Å²) in [5.41, 5.74) is 14.8. The fourth-order valence-corrected chi connectivity index (χ4v) is 4.31. The summed E-state index contributed by atoms with van der Waals surface area (Å²) in [6, 6.07) is 15.8. The van der Waals surface area contributed by atoms with Crippen molar-refractivity contribution in [3.63, 3.8) is 0 Å². The highest BCUT2D eigenvalue weighted by molar-refractivity contribution is 7.94. The van der Waals surface area contributed by atoms with Crippen molar-refractivity contribution in [3.05, 3.63) is 60.3 Å². The molecule has 0 bridgehead atoms. The second-order valence-corrected chi connectivity index (χ2v) is 8.84. The van der Waals surface area contributed by atoms with Crippen molar-refractivity contribution in [1.82, 2.24) is 9.97 Å². The van der Waals surface area contributed by atoms with Crippen LogP contribution >= 0.6 is 12.0 Å². The van der Waals surface area contributed by atoms with Crippen molar-refractivity contribution in [2.75, 3.05) is 17.7 Å². The Morgan fingerprint density at radius 1 is 1.12 bits per heavy atom. The van der Waals surface area contributed by atoms with Gasteiger partial charge in [-0.3, -0.25) is 4.79 Å². The lowest BCUT2D eigenvalue weighted by atomic mass is 9.91. The van der Waals surface area contributed by atoms with Gasteiger partial charge in [0.1, 0.15) is 11.4 Å². The molecule has 3 aromatic rings. The van der Waals surface area contributed by atoms with Crippen LogP contribution in [0.1, 0.15) is 36.0 Å². The van der Waals surface area contributed by atoms with Crippen molar-refractivity contribution in [1.29, 1.82) is 0 Å². The Balaban J connectivity index is 1.54. The first kappa shape index (κ1) is 24.0. The van der Waals surface area contributed by atoms with Crippen molar-refractivity contribution in [2.24, 2.45) is 11.5 Å². The molecule has 1 amide bonds. The van der Waals surface area contributed by atoms with Gasteiger partial charge in [-0.1, -0.05) is 37.1 Å². The van der Waals surface area contributed by atoms with Gasteiger partial charge in [0.05, 0.1) is 19.2 Å². The van der Waals surface area contributed by atoms with E-state index >= 15 is 0 Å². The molecule has 0 spiro atoms. The summed E-state index contributed by atoms with van der Waals surface area (Å²) in [4.78, 5) is 26.4. The van der Waals surface area contributed by atoms with Crippen LogP contribution in [-0.2, 0) is 9.22 Å². The number of hydrogen-bond donors (Lipinski definition) is 4. The lowest BCUT2D eigenvalue weighted by molar-refractivity contribution is -0.160. The van der Waals surface area contributed by atoms with Crippen LogP contribution in [0.2, 0.25) is 0 Å². The van der Waals surface area contributed by atoms with E-state index < -0.39 is 5.91 Å². The van der Waals surface area contributed by atoms with E-state index in [1.807, 2.05) is 48.5 Å². The zero-order valence-electron chi connectivity index (χ0n) is 18.9. The van der Waals surface area contributed by atoms with E-state index in [-0.39, 0.29) is 17.6 Å². The molecule has 1 aliphatic rings. The summed E-state index contributed by atoms with van der Waals surface area (Å²) < 4.78 is 4.89. The Kier molecular flexibility index (Phi) is 7.96. The fraction of sp³-hybridized carbons (Fsp3) is 0.292. The summed E-state index contributed by atoms with van der Waals surface area (Å²) in [6.07, 6.45) is 5.61. The number of carbonyl (C=O) groups excluding carboxylic acids is 1. The number of hydrogen-bond acceptors (Lipinski definition) is 9. The summed E-state index contributed by atoms with van der Waals surface area (Å²) in [5.74, 6) is 0.151. The van der Waals surface area contributed by atoms with Crippen LogP contribution in [-0.4, -0.2) is 35.1 Å². The van der Waals surface area contributed by atoms with Crippen LogP contribution in [0.25, 0.3) is 11.1 Å². The van der Waals surface area contributed by atoms with Gasteiger partial charge in [-0.2, -0.15) is 9.32 Å². The standard InChI is InChI=1S/C24H28N6O3S/c1-32-33-34-18-11-9-15(10-12-18)16-5-4-6-17(13-16)28-23-19(22(26)31)14-27-24(30-23)29-21-8-3-2-7-20(21)25/h4-6,9-14,20-21H,2-3,7-8,25H2,1H3,(H2,26,31)(H2,27,28,29,30)/t20-,21+/m0/s1. The summed E-state index contributed by atoms with van der Waals surface area (Å²) in [6.45, 7) is 0. The lowest BCUT2D eigenvalue weighted by Gasteiger charge is -2.29. The molecular formula is C24H28N6O3S. The van der Waals surface area contributed by atoms with Crippen molar-refractivity contribution in [3.8, 4) is 11.1 Å². The molecule has 1 saturated carbocycles. The number of rotatable bonds is 9. The van der Waals surface area contributed by atoms with Gasteiger partial charge in [0.15, 0.2) is 0 Å². The van der Waals surface area contributed by atoms with Gasteiger partial charge in [-0.15, -0.1) is 0 Å². The Hall–Kier alpha value is -3.18. The quantitative estimate of drug-likeness (QED) is 0.201. The SMILES string of the molecule is COOSc1ccc(-c2cccc(Nc3nc(N[C@@H]4CCCC[C@@H]4N)ncc3C(N)=O)c2)cc1. The van der Waals surface area contributed by atoms with Gasteiger partial charge in [0, 0.05) is 28.9 Å². The first-order valence-electron chi connectivity index (χ1n) is 11.1. The molecular weight excluding hydrogens is 452 g/mol. The summed E-state index contributed by atoms with van der Waals surface area (Å²) in [5, 5.41) is 6.55. The molecule has 1 aromatic heterocycles. The number of aromatic nitrogens is 2. The molecule has 0 unspecified atom stereocenters. The van der Waals surface area contributed by atoms with Crippen LogP contribution < -0.4 is 22.1 Å². The molecule has 6 N–H and O–H groups in total. The smallest absolute Gasteiger partial charge is 0.254 e. The highest BCUT2D eigenvalue weighted by Crippen LogP contribution is 2.28. The van der Waals surface area contributed by atoms with Gasteiger partial charge in [0.25, 0.3) is 5.91 Å². The average Bonchev–Trinajstić information content (AvgIpc) is 2.85. The van der Waals surface area contributed by atoms with E-state index in [2.05, 4.69) is 25.5 Å². The van der Waals surface area contributed by atoms with Gasteiger partial charge in [-0.05, 0) is 48.2 Å². The Morgan fingerprint density at radius 2 is 1.91 bits per heavy atom. The van der Waals surface area contributed by atoms with Crippen LogP contribution in [0.3, 0.4) is 0 Å². The minimum Gasteiger partial charge on any atom is -0.365 e. The average molecular weight is 481 g/mol. The highest BCUT2D eigenvalue weighted by Gasteiger charge is 2.23. The van der Waals surface area contributed by atoms with Crippen LogP contribution in [0.4, 0.5) is 17.5 Å². The number of amides is 1. The zero-order chi connectivity index (χ0) is 23.9. The number of nitrogens with one attached hydrogen (secondary N) is 2. The zero-order valence-corrected chi connectivity index (χ0v) is 19.7. The Morgan fingerprint density at radius 3 is 2.65 bits per heavy atom. The van der Waals surface area contributed by atoms with Crippen LogP contribution in [0.15, 0.2) is 59.6 Å². The summed E-state index contributed by atoms with van der Waals surface area (Å²) >= 11 is 1.14. The lowest BCUT2D eigenvalue weighted by Crippen LogP contribution is -2.43. The van der Waals surface area contributed by atoms with E-state index in [0.717, 1.165) is 59.4 Å². The molecule has 10 heteroatoms. The predicted molar refractivity (Wildman–Crippen MR) is 134 cm³/mol. The first-order valence-corrected chi connectivity index (χ1v) is 11.8. The molecule has 1 aliphatic carbocycles. The summed E-state index contributed by atoms with van der Waals surface area (Å²) in [7, 11) is 1.46. The molecule has 178 valence electrons.